The average Bonchev–Trinajstić information content (AvgIpc) is 3.11. The van der Waals surface area contributed by atoms with Crippen molar-refractivity contribution < 1.29 is 9.53 Å². The molecule has 29 heavy (non-hydrogen) atoms. The molecule has 4 nitrogen and oxygen atoms in total. The number of likely N-dealkylation sites (tertiary alicyclic amines) is 1. The van der Waals surface area contributed by atoms with Crippen LogP contribution in [0.3, 0.4) is 0 Å². The lowest BCUT2D eigenvalue weighted by molar-refractivity contribution is -0.128. The van der Waals surface area contributed by atoms with Crippen molar-refractivity contribution in [2.45, 2.75) is 24.6 Å². The standard InChI is InChI=1S/C22H24Cl2N2O2S/c23-19-8-7-18(14-20(19)24)28-17-6-4-5-16(13-17)22-26(21(27)15-29-22)12-11-25-9-2-1-3-10-25/h4-8,13-14,22H,1-3,9-12,15H2. The van der Waals surface area contributed by atoms with E-state index in [2.05, 4.69) is 11.0 Å². The third-order valence-electron chi connectivity index (χ3n) is 5.34. The summed E-state index contributed by atoms with van der Waals surface area (Å²) >= 11 is 13.7. The number of halogens is 2. The molecular formula is C22H24Cl2N2O2S. The lowest BCUT2D eigenvalue weighted by atomic mass is 10.1. The van der Waals surface area contributed by atoms with Crippen molar-refractivity contribution >= 4 is 40.9 Å². The summed E-state index contributed by atoms with van der Waals surface area (Å²) in [5.41, 5.74) is 1.08. The number of rotatable bonds is 6. The molecule has 2 aromatic rings. The second-order valence-corrected chi connectivity index (χ2v) is 9.29. The van der Waals surface area contributed by atoms with Gasteiger partial charge in [-0.1, -0.05) is 41.8 Å². The predicted octanol–water partition coefficient (Wildman–Crippen LogP) is 5.85. The minimum absolute atomic E-state index is 0.0321. The molecule has 0 saturated carbocycles. The number of amides is 1. The van der Waals surface area contributed by atoms with Gasteiger partial charge < -0.3 is 14.5 Å². The molecule has 2 aliphatic heterocycles. The number of piperidine rings is 1. The second kappa shape index (κ2) is 9.61. The summed E-state index contributed by atoms with van der Waals surface area (Å²) < 4.78 is 5.97. The summed E-state index contributed by atoms with van der Waals surface area (Å²) in [6, 6.07) is 13.2. The molecule has 2 heterocycles. The number of carbonyl (C=O) groups is 1. The number of benzene rings is 2. The molecule has 4 rings (SSSR count). The van der Waals surface area contributed by atoms with Gasteiger partial charge in [0.15, 0.2) is 0 Å². The molecular weight excluding hydrogens is 427 g/mol. The first-order chi connectivity index (χ1) is 14.1. The molecule has 0 N–H and O–H groups in total. The van der Waals surface area contributed by atoms with Crippen molar-refractivity contribution in [1.82, 2.24) is 9.80 Å². The highest BCUT2D eigenvalue weighted by Gasteiger charge is 2.33. The number of thioether (sulfide) groups is 1. The molecule has 2 saturated heterocycles. The molecule has 0 aromatic heterocycles. The Bertz CT molecular complexity index is 874. The maximum absolute atomic E-state index is 12.5. The Morgan fingerprint density at radius 1 is 0.966 bits per heavy atom. The highest BCUT2D eigenvalue weighted by molar-refractivity contribution is 8.00. The number of carbonyl (C=O) groups excluding carboxylic acids is 1. The fraction of sp³-hybridized carbons (Fsp3) is 0.409. The zero-order valence-corrected chi connectivity index (χ0v) is 18.5. The van der Waals surface area contributed by atoms with E-state index in [9.17, 15) is 4.79 Å². The minimum Gasteiger partial charge on any atom is -0.457 e. The lowest BCUT2D eigenvalue weighted by Crippen LogP contribution is -2.39. The molecule has 1 amide bonds. The van der Waals surface area contributed by atoms with Crippen LogP contribution in [0.5, 0.6) is 11.5 Å². The van der Waals surface area contributed by atoms with Gasteiger partial charge >= 0.3 is 0 Å². The molecule has 0 bridgehead atoms. The van der Waals surface area contributed by atoms with E-state index in [1.807, 2.05) is 23.1 Å². The van der Waals surface area contributed by atoms with Crippen LogP contribution in [-0.4, -0.2) is 47.6 Å². The van der Waals surface area contributed by atoms with Crippen LogP contribution in [0, 0.1) is 0 Å². The molecule has 0 aliphatic carbocycles. The maximum Gasteiger partial charge on any atom is 0.233 e. The maximum atomic E-state index is 12.5. The molecule has 1 unspecified atom stereocenters. The third-order valence-corrected chi connectivity index (χ3v) is 7.34. The van der Waals surface area contributed by atoms with E-state index in [0.717, 1.165) is 37.5 Å². The van der Waals surface area contributed by atoms with Crippen LogP contribution in [-0.2, 0) is 4.79 Å². The lowest BCUT2D eigenvalue weighted by Gasteiger charge is -2.30. The van der Waals surface area contributed by atoms with Gasteiger partial charge in [0.2, 0.25) is 5.91 Å². The Morgan fingerprint density at radius 2 is 1.76 bits per heavy atom. The fourth-order valence-corrected chi connectivity index (χ4v) is 5.31. The molecule has 2 aliphatic rings. The van der Waals surface area contributed by atoms with Crippen molar-refractivity contribution in [3.63, 3.8) is 0 Å². The van der Waals surface area contributed by atoms with E-state index < -0.39 is 0 Å². The van der Waals surface area contributed by atoms with Gasteiger partial charge in [0.25, 0.3) is 0 Å². The Kier molecular flexibility index (Phi) is 6.91. The van der Waals surface area contributed by atoms with Crippen LogP contribution in [0.25, 0.3) is 0 Å². The number of hydrogen-bond donors (Lipinski definition) is 0. The van der Waals surface area contributed by atoms with E-state index >= 15 is 0 Å². The van der Waals surface area contributed by atoms with Crippen LogP contribution in [0.15, 0.2) is 42.5 Å². The van der Waals surface area contributed by atoms with Gasteiger partial charge in [0.05, 0.1) is 15.8 Å². The Morgan fingerprint density at radius 3 is 2.55 bits per heavy atom. The molecule has 0 spiro atoms. The van der Waals surface area contributed by atoms with Crippen molar-refractivity contribution in [1.29, 1.82) is 0 Å². The van der Waals surface area contributed by atoms with Crippen LogP contribution in [0.2, 0.25) is 10.0 Å². The van der Waals surface area contributed by atoms with E-state index in [-0.39, 0.29) is 11.3 Å². The quantitative estimate of drug-likeness (QED) is 0.552. The van der Waals surface area contributed by atoms with Crippen molar-refractivity contribution in [3.05, 3.63) is 58.1 Å². The van der Waals surface area contributed by atoms with E-state index in [4.69, 9.17) is 27.9 Å². The molecule has 7 heteroatoms. The molecule has 154 valence electrons. The predicted molar refractivity (Wildman–Crippen MR) is 120 cm³/mol. The molecule has 2 fully saturated rings. The van der Waals surface area contributed by atoms with Gasteiger partial charge in [-0.3, -0.25) is 4.79 Å². The fourth-order valence-electron chi connectivity index (χ4n) is 3.81. The van der Waals surface area contributed by atoms with Gasteiger partial charge in [-0.15, -0.1) is 11.8 Å². The van der Waals surface area contributed by atoms with Gasteiger partial charge in [-0.25, -0.2) is 0 Å². The Hall–Kier alpha value is -1.40. The monoisotopic (exact) mass is 450 g/mol. The van der Waals surface area contributed by atoms with Crippen LogP contribution < -0.4 is 4.74 Å². The normalized spacial score (nSPS) is 20.3. The average molecular weight is 451 g/mol. The van der Waals surface area contributed by atoms with Crippen molar-refractivity contribution in [2.75, 3.05) is 31.9 Å². The van der Waals surface area contributed by atoms with E-state index in [1.165, 1.54) is 19.3 Å². The second-order valence-electron chi connectivity index (χ2n) is 7.40. The summed E-state index contributed by atoms with van der Waals surface area (Å²) in [6.45, 7) is 4.01. The summed E-state index contributed by atoms with van der Waals surface area (Å²) in [5.74, 6) is 2.10. The zero-order chi connectivity index (χ0) is 20.2. The SMILES string of the molecule is O=C1CSC(c2cccc(Oc3ccc(Cl)c(Cl)c3)c2)N1CCN1CCCCC1. The van der Waals surface area contributed by atoms with Crippen LogP contribution >= 0.6 is 35.0 Å². The zero-order valence-electron chi connectivity index (χ0n) is 16.2. The Balaban J connectivity index is 1.45. The third kappa shape index (κ3) is 5.21. The number of nitrogens with zero attached hydrogens (tertiary/aromatic N) is 2. The molecule has 1 atom stereocenters. The highest BCUT2D eigenvalue weighted by atomic mass is 35.5. The smallest absolute Gasteiger partial charge is 0.233 e. The summed E-state index contributed by atoms with van der Waals surface area (Å²) in [4.78, 5) is 17.0. The van der Waals surface area contributed by atoms with Gasteiger partial charge in [0.1, 0.15) is 16.9 Å². The van der Waals surface area contributed by atoms with Crippen LogP contribution in [0.4, 0.5) is 0 Å². The first-order valence-electron chi connectivity index (χ1n) is 9.96. The largest absolute Gasteiger partial charge is 0.457 e. The molecule has 2 aromatic carbocycles. The van der Waals surface area contributed by atoms with Crippen LogP contribution in [0.1, 0.15) is 30.2 Å². The molecule has 0 radical (unpaired) electrons. The van der Waals surface area contributed by atoms with E-state index in [1.54, 1.807) is 30.0 Å². The van der Waals surface area contributed by atoms with Crippen molar-refractivity contribution in [2.24, 2.45) is 0 Å². The summed E-state index contributed by atoms with van der Waals surface area (Å²) in [7, 11) is 0. The Labute approximate surface area is 186 Å². The first kappa shape index (κ1) is 20.9. The van der Waals surface area contributed by atoms with E-state index in [0.29, 0.717) is 21.5 Å². The van der Waals surface area contributed by atoms with Crippen molar-refractivity contribution in [3.8, 4) is 11.5 Å². The number of hydrogen-bond acceptors (Lipinski definition) is 4. The van der Waals surface area contributed by atoms with Gasteiger partial charge in [0, 0.05) is 19.2 Å². The van der Waals surface area contributed by atoms with Gasteiger partial charge in [-0.05, 0) is 55.8 Å². The number of ether oxygens (including phenoxy) is 1. The first-order valence-corrected chi connectivity index (χ1v) is 11.8. The summed E-state index contributed by atoms with van der Waals surface area (Å²) in [5, 5.41) is 0.990. The van der Waals surface area contributed by atoms with Gasteiger partial charge in [-0.2, -0.15) is 0 Å². The minimum atomic E-state index is 0.0321. The topological polar surface area (TPSA) is 32.8 Å². The summed E-state index contributed by atoms with van der Waals surface area (Å²) in [6.07, 6.45) is 3.85. The highest BCUT2D eigenvalue weighted by Crippen LogP contribution is 2.40.